The molecule has 2 saturated heterocycles. The fourth-order valence-corrected chi connectivity index (χ4v) is 5.87. The largest absolute Gasteiger partial charge is 0.381 e. The van der Waals surface area contributed by atoms with E-state index in [1.807, 2.05) is 11.2 Å². The summed E-state index contributed by atoms with van der Waals surface area (Å²) >= 11 is 1.68. The monoisotopic (exact) mass is 508 g/mol. The highest BCUT2D eigenvalue weighted by Crippen LogP contribution is 2.37. The van der Waals surface area contributed by atoms with Crippen LogP contribution in [0, 0.1) is 17.3 Å². The number of nitrogens with two attached hydrogens (primary N) is 1. The number of thioether (sulfide) groups is 1. The number of amides is 3. The molecule has 0 unspecified atom stereocenters. The number of carbonyl (C=O) groups excluding carboxylic acids is 3. The number of hydrogen-bond donors (Lipinski definition) is 3. The summed E-state index contributed by atoms with van der Waals surface area (Å²) in [7, 11) is 0. The summed E-state index contributed by atoms with van der Waals surface area (Å²) < 4.78 is 5.69. The van der Waals surface area contributed by atoms with Crippen LogP contribution >= 0.6 is 11.8 Å². The van der Waals surface area contributed by atoms with Crippen molar-refractivity contribution in [2.45, 2.75) is 76.9 Å². The van der Waals surface area contributed by atoms with Crippen LogP contribution in [0.25, 0.3) is 0 Å². The van der Waals surface area contributed by atoms with Gasteiger partial charge in [-0.15, -0.1) is 0 Å². The van der Waals surface area contributed by atoms with E-state index in [0.717, 1.165) is 18.6 Å². The normalized spacial score (nSPS) is 29.4. The number of carbonyl (C=O) groups is 3. The molecule has 4 atom stereocenters. The van der Waals surface area contributed by atoms with Crippen molar-refractivity contribution in [2.75, 3.05) is 38.3 Å². The molecule has 4 N–H and O–H groups in total. The van der Waals surface area contributed by atoms with Gasteiger partial charge in [-0.25, -0.2) is 0 Å². The Kier molecular flexibility index (Phi) is 10.5. The van der Waals surface area contributed by atoms with Gasteiger partial charge in [0.05, 0.1) is 18.1 Å². The van der Waals surface area contributed by atoms with Crippen LogP contribution in [0.1, 0.15) is 58.8 Å². The van der Waals surface area contributed by atoms with Gasteiger partial charge in [0.1, 0.15) is 6.04 Å². The molecule has 3 rings (SSSR count). The molecule has 3 aliphatic heterocycles. The van der Waals surface area contributed by atoms with Crippen LogP contribution in [0.3, 0.4) is 0 Å². The average Bonchev–Trinajstić information content (AvgIpc) is 2.84. The molecule has 0 radical (unpaired) electrons. The Hall–Kier alpha value is -1.58. The first-order chi connectivity index (χ1) is 16.8. The maximum Gasteiger partial charge on any atom is 0.242 e. The summed E-state index contributed by atoms with van der Waals surface area (Å²) in [5, 5.41) is 6.34. The highest BCUT2D eigenvalue weighted by atomic mass is 32.2. The summed E-state index contributed by atoms with van der Waals surface area (Å²) in [6.07, 6.45) is 10.8. The molecule has 0 saturated carbocycles. The van der Waals surface area contributed by atoms with Crippen molar-refractivity contribution in [2.24, 2.45) is 23.0 Å². The highest BCUT2D eigenvalue weighted by molar-refractivity contribution is 7.98. The maximum absolute atomic E-state index is 13.7. The molecule has 3 heterocycles. The summed E-state index contributed by atoms with van der Waals surface area (Å²) in [5.41, 5.74) is 5.50. The topological polar surface area (TPSA) is 114 Å². The van der Waals surface area contributed by atoms with E-state index >= 15 is 0 Å². The molecule has 9 heteroatoms. The number of rotatable bonds is 6. The lowest BCUT2D eigenvalue weighted by Gasteiger charge is -2.42. The number of ether oxygens (including phenoxy) is 1. The Labute approximate surface area is 214 Å². The molecule has 0 aromatic rings. The predicted molar refractivity (Wildman–Crippen MR) is 140 cm³/mol. The lowest BCUT2D eigenvalue weighted by molar-refractivity contribution is -0.143. The molecule has 35 heavy (non-hydrogen) atoms. The molecule has 0 aliphatic carbocycles. The van der Waals surface area contributed by atoms with E-state index in [2.05, 4.69) is 36.6 Å². The molecule has 2 fully saturated rings. The predicted octanol–water partition coefficient (Wildman–Crippen LogP) is 2.08. The van der Waals surface area contributed by atoms with Crippen molar-refractivity contribution >= 4 is 29.5 Å². The zero-order chi connectivity index (χ0) is 25.4. The standard InChI is InChI=1S/C26H44N4O4S/c1-18(2)16-22-23(31)28-21-7-14-34-17-19(21)6-4-5-9-26(25(33)29-22)10-12-30(13-11-26)24(32)20(27)8-15-35-3/h4-5,18-22H,6-17,27H2,1-3H3,(H,28,31)(H,29,33)/b5-4+/t19-,20+,21+,22+/m1/s1. The molecule has 1 spiro atoms. The minimum Gasteiger partial charge on any atom is -0.381 e. The number of piperidine rings is 1. The van der Waals surface area contributed by atoms with Crippen LogP contribution in [-0.2, 0) is 19.1 Å². The van der Waals surface area contributed by atoms with Crippen molar-refractivity contribution in [3.63, 3.8) is 0 Å². The summed E-state index contributed by atoms with van der Waals surface area (Å²) in [6, 6.07) is -0.998. The van der Waals surface area contributed by atoms with Gasteiger partial charge in [0.25, 0.3) is 0 Å². The molecule has 0 aromatic heterocycles. The van der Waals surface area contributed by atoms with Crippen LogP contribution in [0.2, 0.25) is 0 Å². The third-order valence-corrected chi connectivity index (χ3v) is 8.35. The second-order valence-electron chi connectivity index (χ2n) is 10.8. The van der Waals surface area contributed by atoms with E-state index in [4.69, 9.17) is 10.5 Å². The SMILES string of the molecule is CSCC[C@H](N)C(=O)N1CCC2(C/C=C/C[C@@H]3COCC[C@@H]3NC(=O)[C@H](CC(C)C)NC2=O)CC1. The zero-order valence-corrected chi connectivity index (χ0v) is 22.4. The van der Waals surface area contributed by atoms with Crippen LogP contribution < -0.4 is 16.4 Å². The lowest BCUT2D eigenvalue weighted by atomic mass is 9.74. The first-order valence-electron chi connectivity index (χ1n) is 13.1. The Morgan fingerprint density at radius 2 is 2.00 bits per heavy atom. The molecule has 8 nitrogen and oxygen atoms in total. The fraction of sp³-hybridized carbons (Fsp3) is 0.808. The van der Waals surface area contributed by atoms with Crippen molar-refractivity contribution in [3.05, 3.63) is 12.2 Å². The number of nitrogens with zero attached hydrogens (tertiary/aromatic N) is 1. The fourth-order valence-electron chi connectivity index (χ4n) is 5.38. The number of fused-ring (bicyclic) bond motifs is 1. The quantitative estimate of drug-likeness (QED) is 0.474. The Morgan fingerprint density at radius 3 is 2.69 bits per heavy atom. The lowest BCUT2D eigenvalue weighted by Crippen LogP contribution is -2.58. The van der Waals surface area contributed by atoms with Gasteiger partial charge in [0.2, 0.25) is 17.7 Å². The first kappa shape index (κ1) is 28.0. The minimum absolute atomic E-state index is 0.0293. The average molecular weight is 509 g/mol. The van der Waals surface area contributed by atoms with Gasteiger partial charge >= 0.3 is 0 Å². The zero-order valence-electron chi connectivity index (χ0n) is 21.6. The highest BCUT2D eigenvalue weighted by Gasteiger charge is 2.43. The number of likely N-dealkylation sites (tertiary alicyclic amines) is 1. The third-order valence-electron chi connectivity index (χ3n) is 7.71. The Morgan fingerprint density at radius 1 is 1.26 bits per heavy atom. The summed E-state index contributed by atoms with van der Waals surface area (Å²) in [5.74, 6) is 1.14. The molecule has 3 amide bonds. The van der Waals surface area contributed by atoms with Gasteiger partial charge in [-0.05, 0) is 62.9 Å². The second-order valence-corrected chi connectivity index (χ2v) is 11.8. The van der Waals surface area contributed by atoms with Crippen molar-refractivity contribution in [1.29, 1.82) is 0 Å². The Balaban J connectivity index is 1.77. The van der Waals surface area contributed by atoms with Gasteiger partial charge < -0.3 is 26.0 Å². The molecule has 0 bridgehead atoms. The van der Waals surface area contributed by atoms with E-state index in [-0.39, 0.29) is 35.6 Å². The molecular weight excluding hydrogens is 464 g/mol. The van der Waals surface area contributed by atoms with Crippen molar-refractivity contribution in [1.82, 2.24) is 15.5 Å². The van der Waals surface area contributed by atoms with Crippen LogP contribution in [0.4, 0.5) is 0 Å². The Bertz CT molecular complexity index is 766. The van der Waals surface area contributed by atoms with Gasteiger partial charge in [-0.3, -0.25) is 14.4 Å². The van der Waals surface area contributed by atoms with Crippen molar-refractivity contribution in [3.8, 4) is 0 Å². The summed E-state index contributed by atoms with van der Waals surface area (Å²) in [6.45, 7) is 6.42. The number of nitrogens with one attached hydrogen (secondary N) is 2. The van der Waals surface area contributed by atoms with Crippen molar-refractivity contribution < 1.29 is 19.1 Å². The maximum atomic E-state index is 13.7. The molecule has 3 aliphatic rings. The van der Waals surface area contributed by atoms with E-state index in [9.17, 15) is 14.4 Å². The molecule has 0 aromatic carbocycles. The van der Waals surface area contributed by atoms with Gasteiger partial charge in [-0.1, -0.05) is 26.0 Å². The van der Waals surface area contributed by atoms with E-state index in [1.165, 1.54) is 0 Å². The number of allylic oxidation sites excluding steroid dienone is 2. The summed E-state index contributed by atoms with van der Waals surface area (Å²) in [4.78, 5) is 41.6. The third kappa shape index (κ3) is 7.46. The smallest absolute Gasteiger partial charge is 0.242 e. The van der Waals surface area contributed by atoms with E-state index in [0.29, 0.717) is 58.4 Å². The number of hydrogen-bond acceptors (Lipinski definition) is 6. The van der Waals surface area contributed by atoms with Crippen LogP contribution in [-0.4, -0.2) is 79.1 Å². The van der Waals surface area contributed by atoms with E-state index < -0.39 is 17.5 Å². The first-order valence-corrected chi connectivity index (χ1v) is 14.5. The molecular formula is C26H44N4O4S. The molecule has 198 valence electrons. The van der Waals surface area contributed by atoms with Gasteiger partial charge in [0, 0.05) is 31.7 Å². The van der Waals surface area contributed by atoms with Crippen LogP contribution in [0.5, 0.6) is 0 Å². The minimum atomic E-state index is -0.631. The van der Waals surface area contributed by atoms with E-state index in [1.54, 1.807) is 11.8 Å². The van der Waals surface area contributed by atoms with Crippen LogP contribution in [0.15, 0.2) is 12.2 Å². The van der Waals surface area contributed by atoms with Gasteiger partial charge in [0.15, 0.2) is 0 Å². The van der Waals surface area contributed by atoms with Gasteiger partial charge in [-0.2, -0.15) is 11.8 Å². The second kappa shape index (κ2) is 13.1.